The first kappa shape index (κ1) is 22.9. The SMILES string of the molecule is Cc1ccc([C@@H](C)NC(=O)[C@@](C)(Cc2c[nH]c3ccccc23)NCc2cc3ccccc3o2)cc1. The third kappa shape index (κ3) is 4.86. The predicted octanol–water partition coefficient (Wildman–Crippen LogP) is 6.19. The Balaban J connectivity index is 1.41. The number of aromatic nitrogens is 1. The molecule has 0 fully saturated rings. The van der Waals surface area contributed by atoms with Crippen molar-refractivity contribution in [3.8, 4) is 0 Å². The van der Waals surface area contributed by atoms with Gasteiger partial charge in [-0.1, -0.05) is 66.2 Å². The Morgan fingerprint density at radius 2 is 1.77 bits per heavy atom. The van der Waals surface area contributed by atoms with Crippen molar-refractivity contribution in [2.45, 2.75) is 45.3 Å². The van der Waals surface area contributed by atoms with E-state index in [-0.39, 0.29) is 11.9 Å². The molecule has 3 aromatic carbocycles. The van der Waals surface area contributed by atoms with Gasteiger partial charge in [0.15, 0.2) is 0 Å². The number of amides is 1. The number of furan rings is 1. The van der Waals surface area contributed by atoms with E-state index < -0.39 is 5.54 Å². The summed E-state index contributed by atoms with van der Waals surface area (Å²) in [5, 5.41) is 8.94. The van der Waals surface area contributed by atoms with Crippen molar-refractivity contribution in [3.63, 3.8) is 0 Å². The zero-order chi connectivity index (χ0) is 24.4. The molecule has 0 saturated heterocycles. The lowest BCUT2D eigenvalue weighted by Gasteiger charge is -2.31. The van der Waals surface area contributed by atoms with Gasteiger partial charge in [0.2, 0.25) is 5.91 Å². The van der Waals surface area contributed by atoms with E-state index in [9.17, 15) is 4.79 Å². The molecule has 5 rings (SSSR count). The van der Waals surface area contributed by atoms with Gasteiger partial charge in [-0.2, -0.15) is 0 Å². The largest absolute Gasteiger partial charge is 0.460 e. The molecule has 0 aliphatic rings. The minimum atomic E-state index is -0.858. The molecule has 2 heterocycles. The third-order valence-corrected chi connectivity index (χ3v) is 6.77. The van der Waals surface area contributed by atoms with E-state index in [1.165, 1.54) is 5.56 Å². The summed E-state index contributed by atoms with van der Waals surface area (Å²) in [6, 6.07) is 26.3. The van der Waals surface area contributed by atoms with Gasteiger partial charge in [0, 0.05) is 28.9 Å². The second-order valence-corrected chi connectivity index (χ2v) is 9.58. The average Bonchev–Trinajstić information content (AvgIpc) is 3.47. The highest BCUT2D eigenvalue weighted by Crippen LogP contribution is 2.25. The van der Waals surface area contributed by atoms with Crippen LogP contribution in [0.25, 0.3) is 21.9 Å². The molecule has 5 heteroatoms. The summed E-state index contributed by atoms with van der Waals surface area (Å²) in [5.41, 5.74) is 4.43. The number of H-pyrrole nitrogens is 1. The molecule has 0 saturated carbocycles. The Morgan fingerprint density at radius 3 is 2.57 bits per heavy atom. The van der Waals surface area contributed by atoms with Crippen LogP contribution in [-0.4, -0.2) is 16.4 Å². The van der Waals surface area contributed by atoms with Crippen molar-refractivity contribution < 1.29 is 9.21 Å². The number of nitrogens with one attached hydrogen (secondary N) is 3. The zero-order valence-electron chi connectivity index (χ0n) is 20.4. The van der Waals surface area contributed by atoms with E-state index in [0.29, 0.717) is 13.0 Å². The van der Waals surface area contributed by atoms with Gasteiger partial charge in [-0.05, 0) is 50.1 Å². The molecule has 5 nitrogen and oxygen atoms in total. The minimum absolute atomic E-state index is 0.0491. The number of carbonyl (C=O) groups is 1. The molecule has 2 aromatic heterocycles. The summed E-state index contributed by atoms with van der Waals surface area (Å²) in [6.45, 7) is 6.50. The van der Waals surface area contributed by atoms with Crippen molar-refractivity contribution in [1.82, 2.24) is 15.6 Å². The number of fused-ring (bicyclic) bond motifs is 2. The Labute approximate surface area is 205 Å². The summed E-state index contributed by atoms with van der Waals surface area (Å²) in [7, 11) is 0. The molecule has 2 atom stereocenters. The molecule has 35 heavy (non-hydrogen) atoms. The molecule has 5 aromatic rings. The van der Waals surface area contributed by atoms with Gasteiger partial charge in [0.1, 0.15) is 11.3 Å². The number of para-hydroxylation sites is 2. The lowest BCUT2D eigenvalue weighted by atomic mass is 9.90. The first-order chi connectivity index (χ1) is 16.9. The number of hydrogen-bond acceptors (Lipinski definition) is 3. The van der Waals surface area contributed by atoms with Crippen LogP contribution in [0.15, 0.2) is 89.5 Å². The number of aromatic amines is 1. The monoisotopic (exact) mass is 465 g/mol. The van der Waals surface area contributed by atoms with Gasteiger partial charge in [-0.15, -0.1) is 0 Å². The van der Waals surface area contributed by atoms with Gasteiger partial charge >= 0.3 is 0 Å². The molecule has 3 N–H and O–H groups in total. The average molecular weight is 466 g/mol. The first-order valence-corrected chi connectivity index (χ1v) is 12.1. The molecule has 0 radical (unpaired) electrons. The van der Waals surface area contributed by atoms with Crippen LogP contribution in [0.3, 0.4) is 0 Å². The maximum atomic E-state index is 13.8. The molecule has 1 amide bonds. The minimum Gasteiger partial charge on any atom is -0.460 e. The van der Waals surface area contributed by atoms with E-state index in [0.717, 1.165) is 38.8 Å². The van der Waals surface area contributed by atoms with Crippen molar-refractivity contribution >= 4 is 27.8 Å². The lowest BCUT2D eigenvalue weighted by Crippen LogP contribution is -2.56. The highest BCUT2D eigenvalue weighted by molar-refractivity contribution is 5.89. The summed E-state index contributed by atoms with van der Waals surface area (Å²) in [4.78, 5) is 17.1. The lowest BCUT2D eigenvalue weighted by molar-refractivity contribution is -0.127. The highest BCUT2D eigenvalue weighted by atomic mass is 16.3. The number of hydrogen-bond donors (Lipinski definition) is 3. The number of rotatable bonds is 8. The fourth-order valence-electron chi connectivity index (χ4n) is 4.58. The maximum Gasteiger partial charge on any atom is 0.240 e. The van der Waals surface area contributed by atoms with Gasteiger partial charge in [-0.25, -0.2) is 0 Å². The molecule has 0 bridgehead atoms. The number of carbonyl (C=O) groups excluding carboxylic acids is 1. The van der Waals surface area contributed by atoms with Gasteiger partial charge in [0.05, 0.1) is 18.1 Å². The zero-order valence-corrected chi connectivity index (χ0v) is 20.4. The van der Waals surface area contributed by atoms with Crippen LogP contribution in [0.5, 0.6) is 0 Å². The Kier molecular flexibility index (Phi) is 6.18. The second kappa shape index (κ2) is 9.43. The smallest absolute Gasteiger partial charge is 0.240 e. The van der Waals surface area contributed by atoms with Crippen LogP contribution in [-0.2, 0) is 17.8 Å². The number of aryl methyl sites for hydroxylation is 1. The molecular weight excluding hydrogens is 434 g/mol. The van der Waals surface area contributed by atoms with Crippen LogP contribution in [0.2, 0.25) is 0 Å². The Morgan fingerprint density at radius 1 is 1.03 bits per heavy atom. The van der Waals surface area contributed by atoms with Crippen LogP contribution < -0.4 is 10.6 Å². The predicted molar refractivity (Wildman–Crippen MR) is 141 cm³/mol. The molecule has 0 spiro atoms. The quantitative estimate of drug-likeness (QED) is 0.256. The summed E-state index contributed by atoms with van der Waals surface area (Å²) < 4.78 is 6.01. The van der Waals surface area contributed by atoms with E-state index in [4.69, 9.17) is 4.42 Å². The third-order valence-electron chi connectivity index (χ3n) is 6.77. The van der Waals surface area contributed by atoms with Gasteiger partial charge in [0.25, 0.3) is 0 Å². The van der Waals surface area contributed by atoms with Crippen molar-refractivity contribution in [1.29, 1.82) is 0 Å². The summed E-state index contributed by atoms with van der Waals surface area (Å²) >= 11 is 0. The molecule has 0 unspecified atom stereocenters. The topological polar surface area (TPSA) is 70.1 Å². The normalized spacial score (nSPS) is 14.1. The second-order valence-electron chi connectivity index (χ2n) is 9.58. The fourth-order valence-corrected chi connectivity index (χ4v) is 4.58. The maximum absolute atomic E-state index is 13.8. The standard InChI is InChI=1S/C30H31N3O2/c1-20-12-14-22(15-13-20)21(2)33-29(34)30(3,17-24-18-31-27-10-6-5-9-26(24)27)32-19-25-16-23-8-4-7-11-28(23)35-25/h4-16,18,21,31-32H,17,19H2,1-3H3,(H,33,34)/t21-,30-/m1/s1. The highest BCUT2D eigenvalue weighted by Gasteiger charge is 2.35. The van der Waals surface area contributed by atoms with E-state index in [2.05, 4.69) is 58.9 Å². The molecular formula is C30H31N3O2. The van der Waals surface area contributed by atoms with E-state index >= 15 is 0 Å². The van der Waals surface area contributed by atoms with Crippen LogP contribution in [0, 0.1) is 6.92 Å². The summed E-state index contributed by atoms with van der Waals surface area (Å²) in [6.07, 6.45) is 2.53. The van der Waals surface area contributed by atoms with Crippen molar-refractivity contribution in [3.05, 3.63) is 108 Å². The van der Waals surface area contributed by atoms with Crippen molar-refractivity contribution in [2.75, 3.05) is 0 Å². The van der Waals surface area contributed by atoms with E-state index in [1.54, 1.807) is 0 Å². The van der Waals surface area contributed by atoms with E-state index in [1.807, 2.05) is 62.5 Å². The van der Waals surface area contributed by atoms with Crippen molar-refractivity contribution in [2.24, 2.45) is 0 Å². The van der Waals surface area contributed by atoms with Crippen LogP contribution in [0.1, 0.15) is 42.3 Å². The first-order valence-electron chi connectivity index (χ1n) is 12.1. The Bertz CT molecular complexity index is 1430. The van der Waals surface area contributed by atoms with Crippen LogP contribution in [0.4, 0.5) is 0 Å². The molecule has 178 valence electrons. The number of benzene rings is 3. The molecule has 0 aliphatic heterocycles. The fraction of sp³-hybridized carbons (Fsp3) is 0.233. The molecule has 0 aliphatic carbocycles. The van der Waals surface area contributed by atoms with Crippen LogP contribution >= 0.6 is 0 Å². The Hall–Kier alpha value is -3.83. The van der Waals surface area contributed by atoms with Gasteiger partial charge in [-0.3, -0.25) is 10.1 Å². The van der Waals surface area contributed by atoms with Gasteiger partial charge < -0.3 is 14.7 Å². The summed E-state index contributed by atoms with van der Waals surface area (Å²) in [5.74, 6) is 0.753.